The highest BCUT2D eigenvalue weighted by Gasteiger charge is 2.46. The van der Waals surface area contributed by atoms with E-state index in [1.807, 2.05) is 85.5 Å². The summed E-state index contributed by atoms with van der Waals surface area (Å²) in [6.45, 7) is 6.08. The molecule has 3 aromatic carbocycles. The van der Waals surface area contributed by atoms with E-state index < -0.39 is 5.41 Å². The molecule has 2 aliphatic heterocycles. The second kappa shape index (κ2) is 8.21. The monoisotopic (exact) mass is 505 g/mol. The van der Waals surface area contributed by atoms with Gasteiger partial charge in [0.15, 0.2) is 11.4 Å². The third-order valence-corrected chi connectivity index (χ3v) is 7.90. The molecule has 1 fully saturated rings. The second-order valence-corrected chi connectivity index (χ2v) is 10.7. The molecule has 2 amide bonds. The molecule has 2 N–H and O–H groups in total. The van der Waals surface area contributed by atoms with Crippen molar-refractivity contribution in [2.24, 2.45) is 5.92 Å². The smallest absolute Gasteiger partial charge is 0.255 e. The Kier molecular flexibility index (Phi) is 4.88. The average molecular weight is 506 g/mol. The molecule has 38 heavy (non-hydrogen) atoms. The number of hydrogen-bond donors (Lipinski definition) is 2. The van der Waals surface area contributed by atoms with E-state index in [2.05, 4.69) is 20.4 Å². The first kappa shape index (κ1) is 22.6. The van der Waals surface area contributed by atoms with Gasteiger partial charge in [0.1, 0.15) is 0 Å². The summed E-state index contributed by atoms with van der Waals surface area (Å²) in [5.74, 6) is 0.996. The van der Waals surface area contributed by atoms with Gasteiger partial charge >= 0.3 is 0 Å². The van der Waals surface area contributed by atoms with Crippen LogP contribution in [-0.2, 0) is 10.2 Å². The fourth-order valence-electron chi connectivity index (χ4n) is 5.75. The van der Waals surface area contributed by atoms with E-state index in [1.165, 1.54) is 0 Å². The Bertz CT molecular complexity index is 1730. The summed E-state index contributed by atoms with van der Waals surface area (Å²) in [6.07, 6.45) is 1.80. The summed E-state index contributed by atoms with van der Waals surface area (Å²) in [7, 11) is 0. The van der Waals surface area contributed by atoms with Crippen LogP contribution in [0.4, 0.5) is 17.2 Å². The number of hydrogen-bond acceptors (Lipinski definition) is 5. The standard InChI is InChI=1S/C30H27N5O3/c1-30(2)22-12-11-19(28(36)32-24-14-31-23-9-5-3-7-20(23)24)13-25(22)35(29(30)37)17-18-15-34(16-18)27-21-8-4-6-10-26(21)38-33-27/h3-14,18,31H,15-17H2,1-2H3,(H,32,36). The lowest BCUT2D eigenvalue weighted by atomic mass is 9.86. The highest BCUT2D eigenvalue weighted by atomic mass is 16.5. The predicted molar refractivity (Wildman–Crippen MR) is 148 cm³/mol. The SMILES string of the molecule is CC1(C)C(=O)N(CC2CN(c3noc4ccccc34)C2)c2cc(C(=O)Nc3c[nH]c4ccccc34)ccc21. The molecule has 4 heterocycles. The van der Waals surface area contributed by atoms with Gasteiger partial charge in [-0.05, 0) is 49.7 Å². The highest BCUT2D eigenvalue weighted by molar-refractivity contribution is 6.12. The van der Waals surface area contributed by atoms with Gasteiger partial charge in [-0.25, -0.2) is 0 Å². The maximum Gasteiger partial charge on any atom is 0.255 e. The van der Waals surface area contributed by atoms with Crippen molar-refractivity contribution < 1.29 is 14.1 Å². The Hall–Kier alpha value is -4.59. The molecule has 7 rings (SSSR count). The van der Waals surface area contributed by atoms with Crippen LogP contribution in [0, 0.1) is 5.92 Å². The van der Waals surface area contributed by atoms with Crippen molar-refractivity contribution in [3.05, 3.63) is 84.1 Å². The van der Waals surface area contributed by atoms with Gasteiger partial charge < -0.3 is 24.6 Å². The average Bonchev–Trinajstić information content (AvgIpc) is 3.56. The van der Waals surface area contributed by atoms with Crippen molar-refractivity contribution in [2.45, 2.75) is 19.3 Å². The molecule has 2 aliphatic rings. The number of fused-ring (bicyclic) bond motifs is 3. The molecule has 8 nitrogen and oxygen atoms in total. The van der Waals surface area contributed by atoms with Crippen LogP contribution >= 0.6 is 0 Å². The number of carbonyl (C=O) groups excluding carboxylic acids is 2. The number of aromatic nitrogens is 2. The van der Waals surface area contributed by atoms with Crippen LogP contribution in [0.2, 0.25) is 0 Å². The van der Waals surface area contributed by atoms with Crippen LogP contribution in [0.3, 0.4) is 0 Å². The van der Waals surface area contributed by atoms with Gasteiger partial charge in [0.05, 0.1) is 16.5 Å². The van der Waals surface area contributed by atoms with Gasteiger partial charge in [-0.1, -0.05) is 41.6 Å². The number of para-hydroxylation sites is 2. The van der Waals surface area contributed by atoms with Crippen LogP contribution < -0.4 is 15.1 Å². The first-order valence-electron chi connectivity index (χ1n) is 12.8. The van der Waals surface area contributed by atoms with Gasteiger partial charge in [0.25, 0.3) is 5.91 Å². The number of nitrogens with one attached hydrogen (secondary N) is 2. The fourth-order valence-corrected chi connectivity index (χ4v) is 5.75. The molecule has 0 radical (unpaired) electrons. The zero-order valence-corrected chi connectivity index (χ0v) is 21.2. The Balaban J connectivity index is 1.11. The Morgan fingerprint density at radius 3 is 2.68 bits per heavy atom. The zero-order valence-electron chi connectivity index (χ0n) is 21.2. The van der Waals surface area contributed by atoms with E-state index in [1.54, 1.807) is 6.20 Å². The number of amides is 2. The van der Waals surface area contributed by atoms with E-state index in [4.69, 9.17) is 4.52 Å². The lowest BCUT2D eigenvalue weighted by Crippen LogP contribution is -2.53. The van der Waals surface area contributed by atoms with E-state index in [0.717, 1.165) is 57.7 Å². The van der Waals surface area contributed by atoms with Crippen molar-refractivity contribution in [1.82, 2.24) is 10.1 Å². The molecule has 0 spiro atoms. The second-order valence-electron chi connectivity index (χ2n) is 10.7. The van der Waals surface area contributed by atoms with Crippen molar-refractivity contribution in [3.63, 3.8) is 0 Å². The third-order valence-electron chi connectivity index (χ3n) is 7.90. The Morgan fingerprint density at radius 1 is 1.08 bits per heavy atom. The van der Waals surface area contributed by atoms with Crippen LogP contribution in [0.15, 0.2) is 77.4 Å². The number of rotatable bonds is 5. The number of benzene rings is 3. The Labute approximate surface area is 219 Å². The van der Waals surface area contributed by atoms with Crippen LogP contribution in [-0.4, -0.2) is 41.6 Å². The number of carbonyl (C=O) groups is 2. The fraction of sp³-hybridized carbons (Fsp3) is 0.233. The molecule has 8 heteroatoms. The van der Waals surface area contributed by atoms with Gasteiger partial charge in [-0.3, -0.25) is 9.59 Å². The van der Waals surface area contributed by atoms with E-state index in [9.17, 15) is 9.59 Å². The molecule has 2 aromatic heterocycles. The van der Waals surface area contributed by atoms with Crippen LogP contribution in [0.1, 0.15) is 29.8 Å². The predicted octanol–water partition coefficient (Wildman–Crippen LogP) is 5.32. The topological polar surface area (TPSA) is 94.5 Å². The van der Waals surface area contributed by atoms with Gasteiger partial charge in [-0.2, -0.15) is 0 Å². The molecule has 190 valence electrons. The number of nitrogens with zero attached hydrogens (tertiary/aromatic N) is 3. The maximum absolute atomic E-state index is 13.5. The summed E-state index contributed by atoms with van der Waals surface area (Å²) >= 11 is 0. The maximum atomic E-state index is 13.5. The van der Waals surface area contributed by atoms with Crippen molar-refractivity contribution >= 4 is 50.9 Å². The van der Waals surface area contributed by atoms with E-state index in [0.29, 0.717) is 18.0 Å². The number of anilines is 3. The van der Waals surface area contributed by atoms with Crippen LogP contribution in [0.5, 0.6) is 0 Å². The summed E-state index contributed by atoms with van der Waals surface area (Å²) in [6, 6.07) is 21.3. The first-order valence-corrected chi connectivity index (χ1v) is 12.8. The molecule has 0 saturated carbocycles. The minimum atomic E-state index is -0.646. The van der Waals surface area contributed by atoms with Crippen molar-refractivity contribution in [1.29, 1.82) is 0 Å². The quantitative estimate of drug-likeness (QED) is 0.337. The minimum Gasteiger partial charge on any atom is -0.359 e. The summed E-state index contributed by atoms with van der Waals surface area (Å²) in [5, 5.41) is 9.24. The molecular weight excluding hydrogens is 478 g/mol. The van der Waals surface area contributed by atoms with E-state index >= 15 is 0 Å². The normalized spacial score (nSPS) is 16.7. The Morgan fingerprint density at radius 2 is 1.84 bits per heavy atom. The summed E-state index contributed by atoms with van der Waals surface area (Å²) in [4.78, 5) is 34.0. The minimum absolute atomic E-state index is 0.0621. The largest absolute Gasteiger partial charge is 0.359 e. The van der Waals surface area contributed by atoms with Crippen LogP contribution in [0.25, 0.3) is 21.9 Å². The molecule has 1 saturated heterocycles. The van der Waals surface area contributed by atoms with Gasteiger partial charge in [-0.15, -0.1) is 0 Å². The third kappa shape index (κ3) is 3.40. The van der Waals surface area contributed by atoms with Crippen molar-refractivity contribution in [3.8, 4) is 0 Å². The first-order chi connectivity index (χ1) is 18.4. The molecule has 0 aliphatic carbocycles. The molecule has 0 unspecified atom stereocenters. The number of H-pyrrole nitrogens is 1. The molecule has 5 aromatic rings. The van der Waals surface area contributed by atoms with Gasteiger partial charge in [0.2, 0.25) is 5.91 Å². The zero-order chi connectivity index (χ0) is 26.0. The number of aromatic amines is 1. The summed E-state index contributed by atoms with van der Waals surface area (Å²) < 4.78 is 5.47. The molecular formula is C30H27N5O3. The summed E-state index contributed by atoms with van der Waals surface area (Å²) in [5.41, 5.74) is 4.11. The van der Waals surface area contributed by atoms with Crippen molar-refractivity contribution in [2.75, 3.05) is 34.8 Å². The van der Waals surface area contributed by atoms with Gasteiger partial charge in [0, 0.05) is 53.9 Å². The lowest BCUT2D eigenvalue weighted by molar-refractivity contribution is -0.122. The molecule has 0 bridgehead atoms. The van der Waals surface area contributed by atoms with E-state index in [-0.39, 0.29) is 11.8 Å². The lowest BCUT2D eigenvalue weighted by Gasteiger charge is -2.41. The molecule has 0 atom stereocenters. The highest BCUT2D eigenvalue weighted by Crippen LogP contribution is 2.43.